The number of sulfonamides is 1. The summed E-state index contributed by atoms with van der Waals surface area (Å²) in [5.41, 5.74) is 1.32. The van der Waals surface area contributed by atoms with E-state index in [2.05, 4.69) is 19.7 Å². The van der Waals surface area contributed by atoms with E-state index in [0.29, 0.717) is 16.7 Å². The van der Waals surface area contributed by atoms with Crippen LogP contribution in [0.2, 0.25) is 0 Å². The second-order valence-electron chi connectivity index (χ2n) is 4.47. The summed E-state index contributed by atoms with van der Waals surface area (Å²) in [6.07, 6.45) is 0. The van der Waals surface area contributed by atoms with Crippen molar-refractivity contribution in [3.63, 3.8) is 0 Å². The van der Waals surface area contributed by atoms with Crippen molar-refractivity contribution in [3.8, 4) is 0 Å². The lowest BCUT2D eigenvalue weighted by Gasteiger charge is -2.05. The van der Waals surface area contributed by atoms with E-state index in [1.165, 1.54) is 23.5 Å². The van der Waals surface area contributed by atoms with Gasteiger partial charge in [0.1, 0.15) is 0 Å². The van der Waals surface area contributed by atoms with Gasteiger partial charge in [0.15, 0.2) is 0 Å². The van der Waals surface area contributed by atoms with Gasteiger partial charge in [-0.05, 0) is 25.1 Å². The van der Waals surface area contributed by atoms with Gasteiger partial charge in [-0.3, -0.25) is 0 Å². The summed E-state index contributed by atoms with van der Waals surface area (Å²) in [5, 5.41) is 2.69. The Hall–Kier alpha value is -1.97. The Balaban J connectivity index is 1.86. The maximum atomic E-state index is 12.2. The molecule has 0 amide bonds. The molecule has 2 heterocycles. The van der Waals surface area contributed by atoms with E-state index in [9.17, 15) is 13.2 Å². The second kappa shape index (κ2) is 5.10. The van der Waals surface area contributed by atoms with Crippen molar-refractivity contribution in [2.45, 2.75) is 18.4 Å². The molecule has 110 valence electrons. The summed E-state index contributed by atoms with van der Waals surface area (Å²) in [4.78, 5) is 20.6. The highest BCUT2D eigenvalue weighted by Crippen LogP contribution is 2.15. The predicted octanol–water partition coefficient (Wildman–Crippen LogP) is 1.10. The highest BCUT2D eigenvalue weighted by Gasteiger charge is 2.15. The molecule has 0 atom stereocenters. The lowest BCUT2D eigenvalue weighted by atomic mass is 10.3. The molecule has 0 aliphatic heterocycles. The van der Waals surface area contributed by atoms with Crippen molar-refractivity contribution >= 4 is 32.4 Å². The number of benzene rings is 1. The molecule has 0 radical (unpaired) electrons. The van der Waals surface area contributed by atoms with E-state index in [0.717, 1.165) is 5.01 Å². The van der Waals surface area contributed by atoms with E-state index < -0.39 is 10.0 Å². The number of aromatic nitrogens is 3. The van der Waals surface area contributed by atoms with Gasteiger partial charge in [0.25, 0.3) is 0 Å². The number of fused-ring (bicyclic) bond motifs is 1. The summed E-state index contributed by atoms with van der Waals surface area (Å²) in [6, 6.07) is 4.41. The van der Waals surface area contributed by atoms with E-state index >= 15 is 0 Å². The van der Waals surface area contributed by atoms with Crippen LogP contribution < -0.4 is 10.4 Å². The first-order chi connectivity index (χ1) is 9.94. The normalized spacial score (nSPS) is 12.0. The summed E-state index contributed by atoms with van der Waals surface area (Å²) >= 11 is 1.47. The minimum absolute atomic E-state index is 0.0946. The average molecular weight is 324 g/mol. The van der Waals surface area contributed by atoms with Gasteiger partial charge in [0, 0.05) is 5.38 Å². The third-order valence-electron chi connectivity index (χ3n) is 2.91. The van der Waals surface area contributed by atoms with Gasteiger partial charge in [-0.15, -0.1) is 11.3 Å². The molecule has 3 aromatic rings. The highest BCUT2D eigenvalue weighted by atomic mass is 32.2. The fourth-order valence-electron chi connectivity index (χ4n) is 1.92. The van der Waals surface area contributed by atoms with Crippen LogP contribution in [0.1, 0.15) is 10.7 Å². The Morgan fingerprint density at radius 2 is 2.05 bits per heavy atom. The smallest absolute Gasteiger partial charge is 0.306 e. The summed E-state index contributed by atoms with van der Waals surface area (Å²) in [6.45, 7) is 1.99. The van der Waals surface area contributed by atoms with E-state index in [1.54, 1.807) is 6.07 Å². The van der Waals surface area contributed by atoms with Crippen LogP contribution in [0, 0.1) is 6.92 Å². The Labute approximate surface area is 124 Å². The monoisotopic (exact) mass is 324 g/mol. The summed E-state index contributed by atoms with van der Waals surface area (Å²) in [7, 11) is -3.65. The number of hydrogen-bond donors (Lipinski definition) is 3. The molecule has 0 aliphatic carbocycles. The number of nitrogens with zero attached hydrogens (tertiary/aromatic N) is 1. The maximum absolute atomic E-state index is 12.2. The Morgan fingerprint density at radius 3 is 2.76 bits per heavy atom. The van der Waals surface area contributed by atoms with Crippen molar-refractivity contribution in [3.05, 3.63) is 44.8 Å². The molecule has 1 aromatic carbocycles. The minimum Gasteiger partial charge on any atom is -0.306 e. The quantitative estimate of drug-likeness (QED) is 0.668. The first-order valence-corrected chi connectivity index (χ1v) is 8.43. The standard InChI is InChI=1S/C12H12N4O3S2/c1-7-14-8(6-20-7)5-13-21(18,19)9-2-3-10-11(4-9)16-12(17)15-10/h2-4,6,13H,5H2,1H3,(H2,15,16,17). The Kier molecular flexibility index (Phi) is 3.40. The van der Waals surface area contributed by atoms with Gasteiger partial charge < -0.3 is 9.97 Å². The van der Waals surface area contributed by atoms with Crippen LogP contribution >= 0.6 is 11.3 Å². The van der Waals surface area contributed by atoms with E-state index in [1.807, 2.05) is 12.3 Å². The van der Waals surface area contributed by atoms with Gasteiger partial charge in [-0.25, -0.2) is 22.9 Å². The maximum Gasteiger partial charge on any atom is 0.323 e. The van der Waals surface area contributed by atoms with Crippen LogP contribution in [0.15, 0.2) is 33.3 Å². The number of H-pyrrole nitrogens is 2. The zero-order valence-electron chi connectivity index (χ0n) is 11.0. The average Bonchev–Trinajstić information content (AvgIpc) is 3.00. The number of thiazole rings is 1. The predicted molar refractivity (Wildman–Crippen MR) is 79.8 cm³/mol. The van der Waals surface area contributed by atoms with Gasteiger partial charge in [-0.1, -0.05) is 0 Å². The van der Waals surface area contributed by atoms with Crippen molar-refractivity contribution in [1.29, 1.82) is 0 Å². The zero-order valence-corrected chi connectivity index (χ0v) is 12.6. The third-order valence-corrected chi connectivity index (χ3v) is 5.13. The Morgan fingerprint density at radius 1 is 1.29 bits per heavy atom. The fourth-order valence-corrected chi connectivity index (χ4v) is 3.56. The van der Waals surface area contributed by atoms with Crippen molar-refractivity contribution in [2.75, 3.05) is 0 Å². The van der Waals surface area contributed by atoms with Crippen molar-refractivity contribution in [2.24, 2.45) is 0 Å². The second-order valence-corrected chi connectivity index (χ2v) is 7.30. The summed E-state index contributed by atoms with van der Waals surface area (Å²) in [5.74, 6) is 0. The highest BCUT2D eigenvalue weighted by molar-refractivity contribution is 7.89. The number of aryl methyl sites for hydroxylation is 1. The lowest BCUT2D eigenvalue weighted by molar-refractivity contribution is 0.580. The molecule has 21 heavy (non-hydrogen) atoms. The SMILES string of the molecule is Cc1nc(CNS(=O)(=O)c2ccc3[nH]c(=O)[nH]c3c2)cs1. The first-order valence-electron chi connectivity index (χ1n) is 6.07. The van der Waals surface area contributed by atoms with Gasteiger partial charge in [0.05, 0.1) is 33.2 Å². The van der Waals surface area contributed by atoms with Crippen molar-refractivity contribution < 1.29 is 8.42 Å². The lowest BCUT2D eigenvalue weighted by Crippen LogP contribution is -2.23. The molecular weight excluding hydrogens is 312 g/mol. The van der Waals surface area contributed by atoms with Gasteiger partial charge >= 0.3 is 5.69 Å². The molecule has 0 saturated heterocycles. The molecule has 3 rings (SSSR count). The molecule has 2 aromatic heterocycles. The molecule has 0 aliphatic rings. The molecule has 9 heteroatoms. The molecule has 0 saturated carbocycles. The number of aromatic amines is 2. The van der Waals surface area contributed by atoms with Crippen molar-refractivity contribution in [1.82, 2.24) is 19.7 Å². The molecule has 0 fully saturated rings. The van der Waals surface area contributed by atoms with Crippen LogP contribution in [0.25, 0.3) is 11.0 Å². The van der Waals surface area contributed by atoms with Crippen LogP contribution in [0.3, 0.4) is 0 Å². The van der Waals surface area contributed by atoms with Crippen LogP contribution in [0.5, 0.6) is 0 Å². The molecule has 0 spiro atoms. The Bertz CT molecular complexity index is 952. The van der Waals surface area contributed by atoms with Crippen LogP contribution in [-0.2, 0) is 16.6 Å². The van der Waals surface area contributed by atoms with Crippen LogP contribution in [-0.4, -0.2) is 23.4 Å². The van der Waals surface area contributed by atoms with E-state index in [-0.39, 0.29) is 17.1 Å². The number of nitrogens with one attached hydrogen (secondary N) is 3. The van der Waals surface area contributed by atoms with Gasteiger partial charge in [-0.2, -0.15) is 0 Å². The molecule has 3 N–H and O–H groups in total. The minimum atomic E-state index is -3.65. The molecular formula is C12H12N4O3S2. The van der Waals surface area contributed by atoms with Crippen LogP contribution in [0.4, 0.5) is 0 Å². The first kappa shape index (κ1) is 14.0. The summed E-state index contributed by atoms with van der Waals surface area (Å²) < 4.78 is 26.9. The number of imidazole rings is 1. The topological polar surface area (TPSA) is 108 Å². The largest absolute Gasteiger partial charge is 0.323 e. The molecule has 7 nitrogen and oxygen atoms in total. The zero-order chi connectivity index (χ0) is 15.0. The number of rotatable bonds is 4. The number of hydrogen-bond acceptors (Lipinski definition) is 5. The fraction of sp³-hybridized carbons (Fsp3) is 0.167. The molecule has 0 bridgehead atoms. The van der Waals surface area contributed by atoms with Gasteiger partial charge in [0.2, 0.25) is 10.0 Å². The van der Waals surface area contributed by atoms with E-state index in [4.69, 9.17) is 0 Å². The molecule has 0 unspecified atom stereocenters. The third kappa shape index (κ3) is 2.89.